The van der Waals surface area contributed by atoms with E-state index in [4.69, 9.17) is 0 Å². The number of fused-ring (bicyclic) bond motifs is 2. The van der Waals surface area contributed by atoms with Gasteiger partial charge in [-0.05, 0) is 49.4 Å². The summed E-state index contributed by atoms with van der Waals surface area (Å²) in [5.74, 6) is -0.507. The zero-order chi connectivity index (χ0) is 21.1. The van der Waals surface area contributed by atoms with Crippen molar-refractivity contribution in [3.05, 3.63) is 51.2 Å². The van der Waals surface area contributed by atoms with Crippen molar-refractivity contribution in [2.24, 2.45) is 4.99 Å². The van der Waals surface area contributed by atoms with Crippen LogP contribution in [0.1, 0.15) is 51.4 Å². The molecule has 0 saturated heterocycles. The third kappa shape index (κ3) is 4.39. The van der Waals surface area contributed by atoms with Crippen molar-refractivity contribution in [2.75, 3.05) is 6.54 Å². The zero-order valence-electron chi connectivity index (χ0n) is 16.2. The van der Waals surface area contributed by atoms with Crippen LogP contribution in [0.4, 0.5) is 0 Å². The van der Waals surface area contributed by atoms with Crippen LogP contribution < -0.4 is 15.6 Å². The number of carbonyl (C=O) groups is 2. The zero-order valence-corrected chi connectivity index (χ0v) is 17.9. The average Bonchev–Trinajstić information content (AvgIpc) is 3.16. The number of carbonyl (C=O) groups excluding carboxylic acids is 2. The minimum atomic E-state index is -3.60. The van der Waals surface area contributed by atoms with Gasteiger partial charge in [0.25, 0.3) is 15.9 Å². The van der Waals surface area contributed by atoms with E-state index in [1.165, 1.54) is 34.3 Å². The van der Waals surface area contributed by atoms with E-state index in [2.05, 4.69) is 20.6 Å². The number of sulfonamides is 1. The number of nitrogens with one attached hydrogen (secondary N) is 3. The molecule has 4 rings (SSSR count). The minimum absolute atomic E-state index is 0.00855. The fraction of sp³-hybridized carbons (Fsp3) is 0.350. The lowest BCUT2D eigenvalue weighted by Gasteiger charge is -2.05. The standard InChI is InChI=1S/C20H22N4O4S2/c25-18(10-11-21-19-14-7-4-5-9-17(14)30(27,28)24-19)22-23-20(26)16-12-13-6-2-1-3-8-15(13)29-16/h4-5,7,9,12H,1-3,6,8,10-11H2,(H,21,24)(H,22,25)(H,23,26). The Kier molecular flexibility index (Phi) is 5.87. The van der Waals surface area contributed by atoms with E-state index in [-0.39, 0.29) is 29.6 Å². The maximum absolute atomic E-state index is 12.3. The summed E-state index contributed by atoms with van der Waals surface area (Å²) in [6.45, 7) is 0.0845. The van der Waals surface area contributed by atoms with Crippen LogP contribution in [-0.2, 0) is 27.7 Å². The molecule has 0 spiro atoms. The van der Waals surface area contributed by atoms with Gasteiger partial charge in [0.05, 0.1) is 16.3 Å². The van der Waals surface area contributed by atoms with Gasteiger partial charge in [0.15, 0.2) is 0 Å². The van der Waals surface area contributed by atoms with E-state index in [9.17, 15) is 18.0 Å². The second kappa shape index (κ2) is 8.57. The number of nitrogens with zero attached hydrogens (tertiary/aromatic N) is 1. The molecule has 3 N–H and O–H groups in total. The smallest absolute Gasteiger partial charge is 0.273 e. The fourth-order valence-corrected chi connectivity index (χ4v) is 5.95. The number of thiophene rings is 1. The molecule has 158 valence electrons. The molecule has 2 heterocycles. The Bertz CT molecular complexity index is 1100. The Labute approximate surface area is 178 Å². The van der Waals surface area contributed by atoms with Gasteiger partial charge in [0.2, 0.25) is 5.91 Å². The molecule has 30 heavy (non-hydrogen) atoms. The molecule has 0 bridgehead atoms. The summed E-state index contributed by atoms with van der Waals surface area (Å²) in [7, 11) is -3.60. The summed E-state index contributed by atoms with van der Waals surface area (Å²) < 4.78 is 26.5. The third-order valence-electron chi connectivity index (χ3n) is 5.06. The van der Waals surface area contributed by atoms with Crippen molar-refractivity contribution in [2.45, 2.75) is 43.4 Å². The molecule has 8 nitrogen and oxygen atoms in total. The highest BCUT2D eigenvalue weighted by Gasteiger charge is 2.30. The van der Waals surface area contributed by atoms with Crippen molar-refractivity contribution < 1.29 is 18.0 Å². The predicted molar refractivity (Wildman–Crippen MR) is 114 cm³/mol. The molecular weight excluding hydrogens is 424 g/mol. The summed E-state index contributed by atoms with van der Waals surface area (Å²) in [6.07, 6.45) is 5.52. The molecule has 0 radical (unpaired) electrons. The highest BCUT2D eigenvalue weighted by Crippen LogP contribution is 2.28. The highest BCUT2D eigenvalue weighted by molar-refractivity contribution is 7.90. The van der Waals surface area contributed by atoms with Crippen LogP contribution in [0.2, 0.25) is 0 Å². The summed E-state index contributed by atoms with van der Waals surface area (Å²) in [5, 5.41) is 0. The molecule has 1 aliphatic heterocycles. The van der Waals surface area contributed by atoms with Crippen LogP contribution in [-0.4, -0.2) is 32.6 Å². The molecule has 1 aromatic carbocycles. The van der Waals surface area contributed by atoms with E-state index in [1.807, 2.05) is 6.07 Å². The number of benzene rings is 1. The predicted octanol–water partition coefficient (Wildman–Crippen LogP) is 1.91. The van der Waals surface area contributed by atoms with Crippen LogP contribution in [0.5, 0.6) is 0 Å². The number of aliphatic imine (C=N–C) groups is 1. The van der Waals surface area contributed by atoms with Gasteiger partial charge >= 0.3 is 0 Å². The van der Waals surface area contributed by atoms with Gasteiger partial charge in [0, 0.05) is 16.9 Å². The Morgan fingerprint density at radius 3 is 2.77 bits per heavy atom. The lowest BCUT2D eigenvalue weighted by molar-refractivity contribution is -0.121. The average molecular weight is 447 g/mol. The molecule has 1 aliphatic carbocycles. The topological polar surface area (TPSA) is 117 Å². The first-order valence-electron chi connectivity index (χ1n) is 9.81. The Balaban J connectivity index is 1.29. The maximum Gasteiger partial charge on any atom is 0.279 e. The number of hydrogen-bond donors (Lipinski definition) is 3. The van der Waals surface area contributed by atoms with Crippen molar-refractivity contribution >= 4 is 39.0 Å². The van der Waals surface area contributed by atoms with Crippen molar-refractivity contribution in [1.82, 2.24) is 15.6 Å². The van der Waals surface area contributed by atoms with Gasteiger partial charge in [-0.3, -0.25) is 30.2 Å². The molecule has 0 fully saturated rings. The lowest BCUT2D eigenvalue weighted by Crippen LogP contribution is -2.41. The third-order valence-corrected chi connectivity index (χ3v) is 7.69. The van der Waals surface area contributed by atoms with Crippen molar-refractivity contribution in [3.8, 4) is 0 Å². The molecule has 0 unspecified atom stereocenters. The number of rotatable bonds is 4. The van der Waals surface area contributed by atoms with Crippen LogP contribution in [0.25, 0.3) is 0 Å². The van der Waals surface area contributed by atoms with Crippen molar-refractivity contribution in [1.29, 1.82) is 0 Å². The van der Waals surface area contributed by atoms with E-state index in [1.54, 1.807) is 18.2 Å². The summed E-state index contributed by atoms with van der Waals surface area (Å²) >= 11 is 1.49. The summed E-state index contributed by atoms with van der Waals surface area (Å²) in [4.78, 5) is 30.6. The molecule has 0 atom stereocenters. The quantitative estimate of drug-likeness (QED) is 0.491. The molecular formula is C20H22N4O4S2. The van der Waals surface area contributed by atoms with Crippen molar-refractivity contribution in [3.63, 3.8) is 0 Å². The number of hydrogen-bond acceptors (Lipinski definition) is 6. The van der Waals surface area contributed by atoms with Crippen LogP contribution >= 0.6 is 11.3 Å². The molecule has 2 aromatic rings. The van der Waals surface area contributed by atoms with Gasteiger partial charge < -0.3 is 0 Å². The first-order chi connectivity index (χ1) is 14.4. The summed E-state index contributed by atoms with van der Waals surface area (Å²) in [5.41, 5.74) is 6.57. The number of aryl methyl sites for hydroxylation is 2. The largest absolute Gasteiger partial charge is 0.279 e. The highest BCUT2D eigenvalue weighted by atomic mass is 32.2. The Morgan fingerprint density at radius 2 is 1.90 bits per heavy atom. The normalized spacial score (nSPS) is 18.1. The fourth-order valence-electron chi connectivity index (χ4n) is 3.55. The van der Waals surface area contributed by atoms with Gasteiger partial charge in [-0.1, -0.05) is 18.6 Å². The Hall–Kier alpha value is -2.72. The Morgan fingerprint density at radius 1 is 1.10 bits per heavy atom. The lowest BCUT2D eigenvalue weighted by atomic mass is 10.1. The van der Waals surface area contributed by atoms with Gasteiger partial charge in [0.1, 0.15) is 5.84 Å². The van der Waals surface area contributed by atoms with Crippen LogP contribution in [0.15, 0.2) is 40.2 Å². The molecule has 2 aliphatic rings. The molecule has 1 aromatic heterocycles. The van der Waals surface area contributed by atoms with E-state index >= 15 is 0 Å². The first kappa shape index (κ1) is 20.5. The van der Waals surface area contributed by atoms with Crippen LogP contribution in [0, 0.1) is 0 Å². The number of amides is 2. The van der Waals surface area contributed by atoms with Crippen LogP contribution in [0.3, 0.4) is 0 Å². The maximum atomic E-state index is 12.3. The van der Waals surface area contributed by atoms with E-state index in [0.717, 1.165) is 25.7 Å². The first-order valence-corrected chi connectivity index (χ1v) is 12.1. The second-order valence-corrected chi connectivity index (χ2v) is 9.99. The molecule has 10 heteroatoms. The van der Waals surface area contributed by atoms with Gasteiger partial charge in [-0.15, -0.1) is 11.3 Å². The number of hydrazine groups is 1. The molecule has 0 saturated carbocycles. The van der Waals surface area contributed by atoms with E-state index < -0.39 is 15.9 Å². The monoisotopic (exact) mass is 446 g/mol. The van der Waals surface area contributed by atoms with E-state index in [0.29, 0.717) is 10.4 Å². The second-order valence-electron chi connectivity index (χ2n) is 7.20. The summed E-state index contributed by atoms with van der Waals surface area (Å²) in [6, 6.07) is 8.45. The van der Waals surface area contributed by atoms with Gasteiger partial charge in [-0.2, -0.15) is 0 Å². The molecule has 2 amide bonds. The number of amidine groups is 1. The SMILES string of the molecule is O=C(CCN=C1NS(=O)(=O)c2ccccc21)NNC(=O)c1cc2c(s1)CCCCC2. The minimum Gasteiger partial charge on any atom is -0.273 e. The van der Waals surface area contributed by atoms with Gasteiger partial charge in [-0.25, -0.2) is 8.42 Å².